The molecule has 1 fully saturated rings. The smallest absolute Gasteiger partial charge is 0.410 e. The molecule has 0 aliphatic carbocycles. The van der Waals surface area contributed by atoms with Gasteiger partial charge in [0.25, 0.3) is 0 Å². The lowest BCUT2D eigenvalue weighted by Crippen LogP contribution is -2.23. The zero-order chi connectivity index (χ0) is 17.8. The second kappa shape index (κ2) is 7.31. The average molecular weight is 345 g/mol. The van der Waals surface area contributed by atoms with E-state index in [9.17, 15) is 4.79 Å². The Bertz CT molecular complexity index is 863. The van der Waals surface area contributed by atoms with Gasteiger partial charge in [-0.3, -0.25) is 4.90 Å². The van der Waals surface area contributed by atoms with Gasteiger partial charge in [0.1, 0.15) is 17.6 Å². The Kier molecular flexibility index (Phi) is 4.56. The lowest BCUT2D eigenvalue weighted by atomic mass is 10.1. The van der Waals surface area contributed by atoms with Crippen molar-refractivity contribution in [3.8, 4) is 11.5 Å². The van der Waals surface area contributed by atoms with E-state index in [2.05, 4.69) is 0 Å². The second-order valence-corrected chi connectivity index (χ2v) is 6.22. The molecule has 1 unspecified atom stereocenters. The fraction of sp³-hybridized carbons (Fsp3) is 0.136. The number of hydrogen-bond acceptors (Lipinski definition) is 3. The van der Waals surface area contributed by atoms with Gasteiger partial charge in [-0.2, -0.15) is 0 Å². The summed E-state index contributed by atoms with van der Waals surface area (Å²) in [6, 6.07) is 27.3. The molecule has 1 aliphatic rings. The first-order chi connectivity index (χ1) is 12.8. The van der Waals surface area contributed by atoms with Gasteiger partial charge in [-0.1, -0.05) is 60.7 Å². The number of nitrogens with zero attached hydrogens (tertiary/aromatic N) is 1. The molecular weight excluding hydrogens is 326 g/mol. The van der Waals surface area contributed by atoms with Crippen LogP contribution in [0.3, 0.4) is 0 Å². The van der Waals surface area contributed by atoms with E-state index in [1.807, 2.05) is 84.9 Å². The van der Waals surface area contributed by atoms with E-state index in [-0.39, 0.29) is 12.2 Å². The van der Waals surface area contributed by atoms with Gasteiger partial charge in [0.2, 0.25) is 0 Å². The largest absolute Gasteiger partial charge is 0.457 e. The van der Waals surface area contributed by atoms with Crippen LogP contribution in [-0.4, -0.2) is 17.5 Å². The van der Waals surface area contributed by atoms with Crippen molar-refractivity contribution < 1.29 is 14.3 Å². The third-order valence-corrected chi connectivity index (χ3v) is 4.33. The summed E-state index contributed by atoms with van der Waals surface area (Å²) < 4.78 is 11.3. The van der Waals surface area contributed by atoms with Crippen LogP contribution in [0.15, 0.2) is 84.9 Å². The van der Waals surface area contributed by atoms with Gasteiger partial charge in [0, 0.05) is 6.54 Å². The fourth-order valence-electron chi connectivity index (χ4n) is 2.99. The molecule has 1 atom stereocenters. The first-order valence-electron chi connectivity index (χ1n) is 8.60. The minimum Gasteiger partial charge on any atom is -0.457 e. The van der Waals surface area contributed by atoms with Gasteiger partial charge >= 0.3 is 6.09 Å². The summed E-state index contributed by atoms with van der Waals surface area (Å²) in [6.07, 6.45) is -0.479. The highest BCUT2D eigenvalue weighted by Gasteiger charge is 2.32. The van der Waals surface area contributed by atoms with E-state index in [0.717, 1.165) is 22.6 Å². The summed E-state index contributed by atoms with van der Waals surface area (Å²) in [5.41, 5.74) is 2.06. The van der Waals surface area contributed by atoms with Crippen molar-refractivity contribution in [1.82, 2.24) is 4.90 Å². The number of hydrogen-bond donors (Lipinski definition) is 0. The Balaban J connectivity index is 1.39. The van der Waals surface area contributed by atoms with E-state index in [4.69, 9.17) is 9.47 Å². The Morgan fingerprint density at radius 3 is 2.15 bits per heavy atom. The van der Waals surface area contributed by atoms with Gasteiger partial charge in [0.05, 0.1) is 6.54 Å². The third-order valence-electron chi connectivity index (χ3n) is 4.33. The number of cyclic esters (lactones) is 1. The molecule has 1 heterocycles. The molecule has 0 bridgehead atoms. The van der Waals surface area contributed by atoms with Crippen LogP contribution in [0.25, 0.3) is 0 Å². The summed E-state index contributed by atoms with van der Waals surface area (Å²) in [7, 11) is 0. The predicted octanol–water partition coefficient (Wildman–Crippen LogP) is 5.17. The second-order valence-electron chi connectivity index (χ2n) is 6.22. The van der Waals surface area contributed by atoms with E-state index in [1.54, 1.807) is 4.90 Å². The molecule has 0 saturated carbocycles. The molecule has 130 valence electrons. The molecular formula is C22H19NO3. The van der Waals surface area contributed by atoms with Crippen molar-refractivity contribution in [1.29, 1.82) is 0 Å². The van der Waals surface area contributed by atoms with Gasteiger partial charge in [-0.15, -0.1) is 0 Å². The maximum atomic E-state index is 12.1. The third kappa shape index (κ3) is 3.70. The first kappa shape index (κ1) is 16.2. The number of amides is 1. The number of para-hydroxylation sites is 1. The standard InChI is InChI=1S/C22H19NO3/c24-22-23(16-21(26-22)18-7-3-1-4-8-18)15-17-11-13-20(14-12-17)25-19-9-5-2-6-10-19/h1-14,21H,15-16H2. The van der Waals surface area contributed by atoms with Crippen LogP contribution in [-0.2, 0) is 11.3 Å². The lowest BCUT2D eigenvalue weighted by Gasteiger charge is -2.13. The fourth-order valence-corrected chi connectivity index (χ4v) is 2.99. The Labute approximate surface area is 152 Å². The molecule has 0 aromatic heterocycles. The van der Waals surface area contributed by atoms with E-state index in [0.29, 0.717) is 13.1 Å². The van der Waals surface area contributed by atoms with Crippen molar-refractivity contribution in [2.75, 3.05) is 6.54 Å². The SMILES string of the molecule is O=C1OC(c2ccccc2)CN1Cc1ccc(Oc2ccccc2)cc1. The van der Waals surface area contributed by atoms with Gasteiger partial charge in [0.15, 0.2) is 0 Å². The van der Waals surface area contributed by atoms with Crippen LogP contribution in [0.2, 0.25) is 0 Å². The summed E-state index contributed by atoms with van der Waals surface area (Å²) in [6.45, 7) is 1.08. The van der Waals surface area contributed by atoms with Crippen molar-refractivity contribution in [3.05, 3.63) is 96.1 Å². The summed E-state index contributed by atoms with van der Waals surface area (Å²) >= 11 is 0. The van der Waals surface area contributed by atoms with Crippen LogP contribution in [0.1, 0.15) is 17.2 Å². The molecule has 1 aliphatic heterocycles. The number of rotatable bonds is 5. The number of ether oxygens (including phenoxy) is 2. The molecule has 0 N–H and O–H groups in total. The molecule has 4 rings (SSSR count). The highest BCUT2D eigenvalue weighted by atomic mass is 16.6. The summed E-state index contributed by atoms with van der Waals surface area (Å²) in [5.74, 6) is 1.57. The molecule has 0 radical (unpaired) electrons. The van der Waals surface area contributed by atoms with Crippen LogP contribution < -0.4 is 4.74 Å². The maximum absolute atomic E-state index is 12.1. The Morgan fingerprint density at radius 1 is 0.846 bits per heavy atom. The minimum absolute atomic E-state index is 0.204. The highest BCUT2D eigenvalue weighted by Crippen LogP contribution is 2.28. The van der Waals surface area contributed by atoms with Crippen molar-refractivity contribution in [2.24, 2.45) is 0 Å². The zero-order valence-electron chi connectivity index (χ0n) is 14.2. The topological polar surface area (TPSA) is 38.8 Å². The summed E-state index contributed by atoms with van der Waals surface area (Å²) in [5, 5.41) is 0. The van der Waals surface area contributed by atoms with Crippen molar-refractivity contribution in [3.63, 3.8) is 0 Å². The van der Waals surface area contributed by atoms with Crippen LogP contribution in [0.5, 0.6) is 11.5 Å². The number of carbonyl (C=O) groups is 1. The van der Waals surface area contributed by atoms with Gasteiger partial charge in [-0.25, -0.2) is 4.79 Å². The molecule has 0 spiro atoms. The van der Waals surface area contributed by atoms with Gasteiger partial charge < -0.3 is 9.47 Å². The quantitative estimate of drug-likeness (QED) is 0.640. The van der Waals surface area contributed by atoms with E-state index < -0.39 is 0 Å². The van der Waals surface area contributed by atoms with Crippen LogP contribution in [0, 0.1) is 0 Å². The Hall–Kier alpha value is -3.27. The van der Waals surface area contributed by atoms with E-state index in [1.165, 1.54) is 0 Å². The van der Waals surface area contributed by atoms with Crippen LogP contribution in [0.4, 0.5) is 4.79 Å². The minimum atomic E-state index is -0.275. The highest BCUT2D eigenvalue weighted by molar-refractivity contribution is 5.70. The monoisotopic (exact) mass is 345 g/mol. The molecule has 26 heavy (non-hydrogen) atoms. The summed E-state index contributed by atoms with van der Waals surface area (Å²) in [4.78, 5) is 13.9. The zero-order valence-corrected chi connectivity index (χ0v) is 14.2. The van der Waals surface area contributed by atoms with Gasteiger partial charge in [-0.05, 0) is 35.4 Å². The molecule has 3 aromatic carbocycles. The predicted molar refractivity (Wildman–Crippen MR) is 99.0 cm³/mol. The molecule has 4 heteroatoms. The number of benzene rings is 3. The first-order valence-corrected chi connectivity index (χ1v) is 8.60. The Morgan fingerprint density at radius 2 is 1.46 bits per heavy atom. The molecule has 1 amide bonds. The normalized spacial score (nSPS) is 16.4. The van der Waals surface area contributed by atoms with Crippen molar-refractivity contribution in [2.45, 2.75) is 12.6 Å². The molecule has 3 aromatic rings. The maximum Gasteiger partial charge on any atom is 0.410 e. The number of carbonyl (C=O) groups excluding carboxylic acids is 1. The lowest BCUT2D eigenvalue weighted by molar-refractivity contribution is 0.132. The van der Waals surface area contributed by atoms with Crippen LogP contribution >= 0.6 is 0 Å². The van der Waals surface area contributed by atoms with Crippen molar-refractivity contribution >= 4 is 6.09 Å². The molecule has 4 nitrogen and oxygen atoms in total. The average Bonchev–Trinajstić information content (AvgIpc) is 3.05. The molecule has 1 saturated heterocycles. The van der Waals surface area contributed by atoms with E-state index >= 15 is 0 Å².